The molecule has 0 N–H and O–H groups in total. The van der Waals surface area contributed by atoms with Crippen LogP contribution in [0.4, 0.5) is 0 Å². The third-order valence-corrected chi connectivity index (χ3v) is 3.42. The van der Waals surface area contributed by atoms with Gasteiger partial charge in [-0.25, -0.2) is 14.6 Å². The Bertz CT molecular complexity index is 865. The first-order chi connectivity index (χ1) is 10.7. The van der Waals surface area contributed by atoms with Gasteiger partial charge < -0.3 is 9.47 Å². The van der Waals surface area contributed by atoms with Crippen molar-refractivity contribution in [2.75, 3.05) is 0 Å². The van der Waals surface area contributed by atoms with E-state index in [1.54, 1.807) is 48.5 Å². The maximum Gasteiger partial charge on any atom is 0.364 e. The molecule has 22 heavy (non-hydrogen) atoms. The molecule has 5 heteroatoms. The summed E-state index contributed by atoms with van der Waals surface area (Å²) in [5.74, 6) is -0.839. The standard InChI is InChI=1S/C17H9NO4/c19-16-12-9-5-4-8-11(12)14(21-16)15-18-13(17(20)22-15)10-6-2-1-3-7-10/h1-9H/b15-14-. The first kappa shape index (κ1) is 12.5. The normalized spacial score (nSPS) is 19.5. The van der Waals surface area contributed by atoms with Gasteiger partial charge in [-0.2, -0.15) is 0 Å². The van der Waals surface area contributed by atoms with Gasteiger partial charge in [-0.15, -0.1) is 0 Å². The lowest BCUT2D eigenvalue weighted by Gasteiger charge is -1.99. The van der Waals surface area contributed by atoms with Crippen molar-refractivity contribution in [2.24, 2.45) is 4.99 Å². The van der Waals surface area contributed by atoms with Crippen LogP contribution in [0, 0.1) is 0 Å². The van der Waals surface area contributed by atoms with Crippen LogP contribution in [0.1, 0.15) is 21.5 Å². The van der Waals surface area contributed by atoms with Crippen molar-refractivity contribution >= 4 is 23.4 Å². The van der Waals surface area contributed by atoms with E-state index >= 15 is 0 Å². The monoisotopic (exact) mass is 291 g/mol. The summed E-state index contributed by atoms with van der Waals surface area (Å²) in [7, 11) is 0. The number of fused-ring (bicyclic) bond motifs is 1. The summed E-state index contributed by atoms with van der Waals surface area (Å²) in [6.07, 6.45) is 0. The minimum absolute atomic E-state index is 0.0159. The van der Waals surface area contributed by atoms with Gasteiger partial charge in [-0.05, 0) is 6.07 Å². The van der Waals surface area contributed by atoms with Gasteiger partial charge in [0.05, 0.1) is 5.56 Å². The number of cyclic esters (lactones) is 2. The Kier molecular flexibility index (Phi) is 2.66. The van der Waals surface area contributed by atoms with Crippen LogP contribution in [0.5, 0.6) is 0 Å². The van der Waals surface area contributed by atoms with Gasteiger partial charge >= 0.3 is 11.9 Å². The highest BCUT2D eigenvalue weighted by atomic mass is 16.6. The molecule has 0 aromatic heterocycles. The number of hydrogen-bond donors (Lipinski definition) is 0. The van der Waals surface area contributed by atoms with E-state index in [2.05, 4.69) is 4.99 Å². The molecule has 0 unspecified atom stereocenters. The fourth-order valence-electron chi connectivity index (χ4n) is 2.40. The third kappa shape index (κ3) is 1.83. The molecule has 2 aromatic carbocycles. The Morgan fingerprint density at radius 3 is 2.18 bits per heavy atom. The summed E-state index contributed by atoms with van der Waals surface area (Å²) >= 11 is 0. The van der Waals surface area contributed by atoms with E-state index < -0.39 is 11.9 Å². The third-order valence-electron chi connectivity index (χ3n) is 3.42. The van der Waals surface area contributed by atoms with Crippen molar-refractivity contribution < 1.29 is 19.1 Å². The maximum absolute atomic E-state index is 12.0. The zero-order valence-electron chi connectivity index (χ0n) is 11.3. The van der Waals surface area contributed by atoms with E-state index in [9.17, 15) is 9.59 Å². The van der Waals surface area contributed by atoms with E-state index in [1.165, 1.54) is 0 Å². The quantitative estimate of drug-likeness (QED) is 0.757. The molecule has 0 radical (unpaired) electrons. The van der Waals surface area contributed by atoms with Crippen LogP contribution in [0.25, 0.3) is 5.76 Å². The smallest absolute Gasteiger partial charge is 0.364 e. The molecule has 2 aromatic rings. The first-order valence-electron chi connectivity index (χ1n) is 6.66. The molecule has 0 saturated carbocycles. The fraction of sp³-hybridized carbons (Fsp3) is 0. The minimum atomic E-state index is -0.561. The van der Waals surface area contributed by atoms with Crippen LogP contribution in [0.3, 0.4) is 0 Å². The van der Waals surface area contributed by atoms with E-state index in [-0.39, 0.29) is 17.4 Å². The summed E-state index contributed by atoms with van der Waals surface area (Å²) in [6, 6.07) is 15.9. The van der Waals surface area contributed by atoms with Crippen molar-refractivity contribution in [3.05, 3.63) is 77.2 Å². The van der Waals surface area contributed by atoms with Gasteiger partial charge in [-0.3, -0.25) is 0 Å². The predicted molar refractivity (Wildman–Crippen MR) is 77.8 cm³/mol. The molecule has 2 aliphatic rings. The molecule has 0 amide bonds. The molecule has 0 saturated heterocycles. The molecule has 4 rings (SSSR count). The van der Waals surface area contributed by atoms with Gasteiger partial charge in [0.15, 0.2) is 5.71 Å². The number of ether oxygens (including phenoxy) is 2. The zero-order valence-corrected chi connectivity index (χ0v) is 11.3. The number of hydrogen-bond acceptors (Lipinski definition) is 5. The highest BCUT2D eigenvalue weighted by Gasteiger charge is 2.34. The number of carbonyl (C=O) groups excluding carboxylic acids is 2. The van der Waals surface area contributed by atoms with E-state index in [4.69, 9.17) is 9.47 Å². The summed E-state index contributed by atoms with van der Waals surface area (Å²) in [6.45, 7) is 0. The van der Waals surface area contributed by atoms with Gasteiger partial charge in [0, 0.05) is 11.1 Å². The lowest BCUT2D eigenvalue weighted by atomic mass is 10.1. The van der Waals surface area contributed by atoms with Crippen LogP contribution < -0.4 is 0 Å². The average molecular weight is 291 g/mol. The maximum atomic E-state index is 12.0. The molecule has 0 aliphatic carbocycles. The molecule has 106 valence electrons. The molecule has 5 nitrogen and oxygen atoms in total. The first-order valence-corrected chi connectivity index (χ1v) is 6.66. The second kappa shape index (κ2) is 4.66. The van der Waals surface area contributed by atoms with Gasteiger partial charge in [0.25, 0.3) is 5.88 Å². The molecule has 0 spiro atoms. The molecule has 0 bridgehead atoms. The SMILES string of the molecule is O=C1O/C(=C2\OC(=O)c3ccccc32)N=C1c1ccccc1. The number of benzene rings is 2. The van der Waals surface area contributed by atoms with Crippen molar-refractivity contribution in [3.8, 4) is 0 Å². The van der Waals surface area contributed by atoms with Crippen LogP contribution in [0.2, 0.25) is 0 Å². The van der Waals surface area contributed by atoms with Gasteiger partial charge in [-0.1, -0.05) is 48.5 Å². The van der Waals surface area contributed by atoms with Crippen molar-refractivity contribution in [1.29, 1.82) is 0 Å². The second-order valence-electron chi connectivity index (χ2n) is 4.79. The summed E-state index contributed by atoms with van der Waals surface area (Å²) in [5.41, 5.74) is 1.86. The van der Waals surface area contributed by atoms with E-state index in [0.717, 1.165) is 0 Å². The highest BCUT2D eigenvalue weighted by Crippen LogP contribution is 2.34. The molecule has 2 heterocycles. The van der Waals surface area contributed by atoms with Crippen LogP contribution in [0.15, 0.2) is 65.5 Å². The zero-order chi connectivity index (χ0) is 15.1. The van der Waals surface area contributed by atoms with E-state index in [0.29, 0.717) is 16.7 Å². The molecular formula is C17H9NO4. The van der Waals surface area contributed by atoms with E-state index in [1.807, 2.05) is 6.07 Å². The summed E-state index contributed by atoms with van der Waals surface area (Å²) in [5, 5.41) is 0. The Balaban J connectivity index is 1.84. The summed E-state index contributed by atoms with van der Waals surface area (Å²) < 4.78 is 10.4. The van der Waals surface area contributed by atoms with Crippen molar-refractivity contribution in [3.63, 3.8) is 0 Å². The predicted octanol–water partition coefficient (Wildman–Crippen LogP) is 2.53. The molecule has 0 atom stereocenters. The molecule has 0 fully saturated rings. The number of carbonyl (C=O) groups is 2. The number of rotatable bonds is 1. The minimum Gasteiger partial charge on any atom is -0.416 e. The topological polar surface area (TPSA) is 65.0 Å². The van der Waals surface area contributed by atoms with Crippen LogP contribution >= 0.6 is 0 Å². The van der Waals surface area contributed by atoms with Crippen molar-refractivity contribution in [1.82, 2.24) is 0 Å². The lowest BCUT2D eigenvalue weighted by Crippen LogP contribution is -2.11. The average Bonchev–Trinajstić information content (AvgIpc) is 3.09. The fourth-order valence-corrected chi connectivity index (χ4v) is 2.40. The highest BCUT2D eigenvalue weighted by molar-refractivity contribution is 6.45. The van der Waals surface area contributed by atoms with Crippen LogP contribution in [-0.4, -0.2) is 17.7 Å². The molecule has 2 aliphatic heterocycles. The number of aliphatic imine (C=N–C) groups is 1. The Labute approximate surface area is 125 Å². The Morgan fingerprint density at radius 1 is 0.727 bits per heavy atom. The Morgan fingerprint density at radius 2 is 1.41 bits per heavy atom. The number of esters is 2. The lowest BCUT2D eigenvalue weighted by molar-refractivity contribution is -0.130. The number of nitrogens with zero attached hydrogens (tertiary/aromatic N) is 1. The second-order valence-corrected chi connectivity index (χ2v) is 4.79. The van der Waals surface area contributed by atoms with Crippen molar-refractivity contribution in [2.45, 2.75) is 0 Å². The Hall–Kier alpha value is -3.21. The summed E-state index contributed by atoms with van der Waals surface area (Å²) in [4.78, 5) is 28.0. The van der Waals surface area contributed by atoms with Gasteiger partial charge in [0.2, 0.25) is 5.76 Å². The van der Waals surface area contributed by atoms with Gasteiger partial charge in [0.1, 0.15) is 0 Å². The molecular weight excluding hydrogens is 282 g/mol. The van der Waals surface area contributed by atoms with Crippen LogP contribution in [-0.2, 0) is 14.3 Å². The largest absolute Gasteiger partial charge is 0.416 e.